The summed E-state index contributed by atoms with van der Waals surface area (Å²) in [5, 5.41) is 2.87. The molecule has 40 heavy (non-hydrogen) atoms. The number of nitrogens with one attached hydrogen (secondary N) is 1. The minimum atomic E-state index is -0.685. The fraction of sp³-hybridized carbons (Fsp3) is 0.258. The third kappa shape index (κ3) is 5.23. The number of methoxy groups -OCH3 is 1. The average molecular weight is 573 g/mol. The molecule has 9 heteroatoms. The van der Waals surface area contributed by atoms with Gasteiger partial charge in [0.25, 0.3) is 5.91 Å². The molecule has 1 saturated carbocycles. The van der Waals surface area contributed by atoms with Gasteiger partial charge in [-0.3, -0.25) is 14.5 Å². The number of rotatable bonds is 9. The van der Waals surface area contributed by atoms with Crippen molar-refractivity contribution in [1.82, 2.24) is 10.2 Å². The molecular formula is C31H28N2O5S2. The van der Waals surface area contributed by atoms with Crippen molar-refractivity contribution in [3.8, 4) is 5.75 Å². The number of hydrogen-bond acceptors (Lipinski definition) is 7. The first-order chi connectivity index (χ1) is 19.5. The summed E-state index contributed by atoms with van der Waals surface area (Å²) < 4.78 is 10.9. The van der Waals surface area contributed by atoms with Gasteiger partial charge in [-0.05, 0) is 47.4 Å². The lowest BCUT2D eigenvalue weighted by Gasteiger charge is -2.56. The zero-order chi connectivity index (χ0) is 27.6. The van der Waals surface area contributed by atoms with Gasteiger partial charge in [0.1, 0.15) is 29.5 Å². The second kappa shape index (κ2) is 11.4. The molecule has 0 spiro atoms. The standard InChI is InChI=1S/C31H28N2O5S2/c1-37-21-14-12-20(13-15-21)18-38-31(36)27-23-17-24(39-22-10-6-3-7-11-22)28(23)40-30-26(29(35)33(27)30)32-25(34)16-19-8-4-2-5-9-19/h2-15,24,26,28,30H,16-18H2,1H3,(H,32,34)/t24-,26+,28+,30+/m0/s1. The van der Waals surface area contributed by atoms with Crippen LogP contribution in [0.15, 0.2) is 101 Å². The molecule has 1 saturated heterocycles. The highest BCUT2D eigenvalue weighted by molar-refractivity contribution is 8.04. The van der Waals surface area contributed by atoms with Gasteiger partial charge in [-0.2, -0.15) is 0 Å². The molecule has 0 radical (unpaired) electrons. The number of nitrogens with zero attached hydrogens (tertiary/aromatic N) is 1. The molecular weight excluding hydrogens is 544 g/mol. The number of carbonyl (C=O) groups is 3. The summed E-state index contributed by atoms with van der Waals surface area (Å²) in [7, 11) is 1.60. The highest BCUT2D eigenvalue weighted by Crippen LogP contribution is 2.56. The summed E-state index contributed by atoms with van der Waals surface area (Å²) in [6, 6.07) is 26.2. The van der Waals surface area contributed by atoms with E-state index in [-0.39, 0.29) is 40.7 Å². The lowest BCUT2D eigenvalue weighted by molar-refractivity contribution is -0.153. The zero-order valence-corrected chi connectivity index (χ0v) is 23.5. The Labute approximate surface area is 241 Å². The predicted octanol–water partition coefficient (Wildman–Crippen LogP) is 4.57. The number of carbonyl (C=O) groups excluding carboxylic acids is 3. The van der Waals surface area contributed by atoms with E-state index >= 15 is 0 Å². The Bertz CT molecular complexity index is 1450. The topological polar surface area (TPSA) is 84.9 Å². The molecule has 1 aliphatic carbocycles. The molecule has 3 aromatic carbocycles. The van der Waals surface area contributed by atoms with Gasteiger partial charge in [-0.1, -0.05) is 60.7 Å². The quantitative estimate of drug-likeness (QED) is 0.297. The maximum Gasteiger partial charge on any atom is 0.355 e. The molecule has 0 unspecified atom stereocenters. The zero-order valence-electron chi connectivity index (χ0n) is 21.8. The molecule has 1 N–H and O–H groups in total. The van der Waals surface area contributed by atoms with Crippen LogP contribution in [0.3, 0.4) is 0 Å². The van der Waals surface area contributed by atoms with Crippen LogP contribution in [0.2, 0.25) is 0 Å². The number of thioether (sulfide) groups is 2. The Morgan fingerprint density at radius 2 is 1.68 bits per heavy atom. The van der Waals surface area contributed by atoms with Gasteiger partial charge in [0, 0.05) is 15.4 Å². The molecule has 2 aliphatic heterocycles. The Kier molecular flexibility index (Phi) is 7.58. The third-order valence-corrected chi connectivity index (χ3v) is 10.4. The summed E-state index contributed by atoms with van der Waals surface area (Å²) in [5.41, 5.74) is 2.98. The Hall–Kier alpha value is -3.69. The van der Waals surface area contributed by atoms with Gasteiger partial charge in [-0.25, -0.2) is 4.79 Å². The van der Waals surface area contributed by atoms with Gasteiger partial charge in [0.2, 0.25) is 5.91 Å². The number of esters is 1. The van der Waals surface area contributed by atoms with Gasteiger partial charge in [-0.15, -0.1) is 23.5 Å². The lowest BCUT2D eigenvalue weighted by Crippen LogP contribution is -2.72. The molecule has 2 heterocycles. The first kappa shape index (κ1) is 26.5. The van der Waals surface area contributed by atoms with Crippen molar-refractivity contribution in [2.24, 2.45) is 0 Å². The summed E-state index contributed by atoms with van der Waals surface area (Å²) in [6.07, 6.45) is 0.890. The highest BCUT2D eigenvalue weighted by Gasteiger charge is 2.60. The van der Waals surface area contributed by atoms with Crippen LogP contribution in [0.25, 0.3) is 0 Å². The first-order valence-corrected chi connectivity index (χ1v) is 14.9. The second-order valence-electron chi connectivity index (χ2n) is 9.83. The number of fused-ring (bicyclic) bond motifs is 2. The van der Waals surface area contributed by atoms with Crippen molar-refractivity contribution < 1.29 is 23.9 Å². The van der Waals surface area contributed by atoms with Crippen molar-refractivity contribution in [3.63, 3.8) is 0 Å². The summed E-state index contributed by atoms with van der Waals surface area (Å²) in [4.78, 5) is 42.3. The molecule has 0 bridgehead atoms. The van der Waals surface area contributed by atoms with Gasteiger partial charge in [0.05, 0.1) is 13.5 Å². The van der Waals surface area contributed by atoms with Crippen LogP contribution in [-0.4, -0.2) is 51.7 Å². The van der Waals surface area contributed by atoms with Crippen molar-refractivity contribution in [1.29, 1.82) is 0 Å². The molecule has 204 valence electrons. The second-order valence-corrected chi connectivity index (χ2v) is 12.4. The van der Waals surface area contributed by atoms with E-state index in [9.17, 15) is 14.4 Å². The maximum atomic E-state index is 13.5. The minimum absolute atomic E-state index is 0.0524. The van der Waals surface area contributed by atoms with Crippen LogP contribution >= 0.6 is 23.5 Å². The largest absolute Gasteiger partial charge is 0.497 e. The Balaban J connectivity index is 1.19. The first-order valence-electron chi connectivity index (χ1n) is 13.1. The van der Waals surface area contributed by atoms with Crippen LogP contribution in [0, 0.1) is 0 Å². The fourth-order valence-electron chi connectivity index (χ4n) is 5.14. The van der Waals surface area contributed by atoms with E-state index in [1.807, 2.05) is 72.8 Å². The number of β-lactam (4-membered cyclic amide) rings is 1. The van der Waals surface area contributed by atoms with Crippen molar-refractivity contribution in [2.75, 3.05) is 7.11 Å². The number of benzene rings is 3. The minimum Gasteiger partial charge on any atom is -0.497 e. The van der Waals surface area contributed by atoms with E-state index in [0.717, 1.165) is 27.3 Å². The van der Waals surface area contributed by atoms with E-state index in [1.54, 1.807) is 30.6 Å². The Morgan fingerprint density at radius 3 is 2.38 bits per heavy atom. The number of hydrogen-bond donors (Lipinski definition) is 1. The predicted molar refractivity (Wildman–Crippen MR) is 155 cm³/mol. The van der Waals surface area contributed by atoms with E-state index < -0.39 is 12.0 Å². The molecule has 7 nitrogen and oxygen atoms in total. The van der Waals surface area contributed by atoms with Crippen molar-refractivity contribution in [2.45, 2.75) is 46.3 Å². The average Bonchev–Trinajstić information content (AvgIpc) is 2.98. The molecule has 0 aromatic heterocycles. The van der Waals surface area contributed by atoms with Crippen LogP contribution in [-0.2, 0) is 32.1 Å². The molecule has 4 atom stereocenters. The smallest absolute Gasteiger partial charge is 0.355 e. The van der Waals surface area contributed by atoms with E-state index in [0.29, 0.717) is 12.1 Å². The van der Waals surface area contributed by atoms with E-state index in [4.69, 9.17) is 9.47 Å². The normalized spacial score (nSPS) is 22.8. The highest BCUT2D eigenvalue weighted by atomic mass is 32.2. The Morgan fingerprint density at radius 1 is 0.975 bits per heavy atom. The fourth-order valence-corrected chi connectivity index (χ4v) is 8.33. The lowest BCUT2D eigenvalue weighted by atomic mass is 9.86. The third-order valence-electron chi connectivity index (χ3n) is 7.25. The van der Waals surface area contributed by atoms with E-state index in [1.165, 1.54) is 4.90 Å². The van der Waals surface area contributed by atoms with Gasteiger partial charge >= 0.3 is 5.97 Å². The SMILES string of the molecule is COc1ccc(COC(=O)C2=C3C[C@H](Sc4ccccc4)[C@@H]3S[C@@H]3[C@H](NC(=O)Cc4ccccc4)C(=O)N23)cc1. The maximum absolute atomic E-state index is 13.5. The summed E-state index contributed by atoms with van der Waals surface area (Å²) >= 11 is 3.43. The van der Waals surface area contributed by atoms with Crippen molar-refractivity contribution in [3.05, 3.63) is 107 Å². The molecule has 2 amide bonds. The van der Waals surface area contributed by atoms with Crippen LogP contribution in [0.4, 0.5) is 0 Å². The van der Waals surface area contributed by atoms with Crippen molar-refractivity contribution >= 4 is 41.3 Å². The number of ether oxygens (including phenoxy) is 2. The van der Waals surface area contributed by atoms with Crippen LogP contribution in [0.1, 0.15) is 17.5 Å². The molecule has 2 fully saturated rings. The summed E-state index contributed by atoms with van der Waals surface area (Å²) in [6.45, 7) is 0.0869. The molecule has 6 rings (SSSR count). The monoisotopic (exact) mass is 572 g/mol. The van der Waals surface area contributed by atoms with Crippen LogP contribution < -0.4 is 10.1 Å². The van der Waals surface area contributed by atoms with Gasteiger partial charge < -0.3 is 14.8 Å². The molecule has 3 aromatic rings. The summed E-state index contributed by atoms with van der Waals surface area (Å²) in [5.74, 6) is -0.280. The van der Waals surface area contributed by atoms with Crippen LogP contribution in [0.5, 0.6) is 5.75 Å². The van der Waals surface area contributed by atoms with Gasteiger partial charge in [0.15, 0.2) is 0 Å². The van der Waals surface area contributed by atoms with E-state index in [2.05, 4.69) is 17.4 Å². The molecule has 3 aliphatic rings. The number of amides is 2.